The molecule has 0 N–H and O–H groups in total. The van der Waals surface area contributed by atoms with Crippen LogP contribution in [-0.2, 0) is 23.9 Å². The Hall–Kier alpha value is 0.705. The van der Waals surface area contributed by atoms with Gasteiger partial charge in [-0.2, -0.15) is 0 Å². The van der Waals surface area contributed by atoms with E-state index in [1.54, 1.807) is 5.09 Å². The van der Waals surface area contributed by atoms with Gasteiger partial charge in [0, 0.05) is 0 Å². The molecule has 0 unspecified atom stereocenters. The summed E-state index contributed by atoms with van der Waals surface area (Å²) < 4.78 is 13.6. The molecule has 0 aromatic heterocycles. The molecule has 2 heterocycles. The molecule has 0 saturated heterocycles. The molecule has 208 valence electrons. The van der Waals surface area contributed by atoms with Crippen LogP contribution >= 0.6 is 0 Å². The van der Waals surface area contributed by atoms with Crippen molar-refractivity contribution in [3.05, 3.63) is 24.8 Å². The third-order valence-electron chi connectivity index (χ3n) is 8.70. The maximum absolute atomic E-state index is 4.88. The van der Waals surface area contributed by atoms with E-state index in [1.807, 2.05) is 0 Å². The third-order valence-corrected chi connectivity index (χ3v) is 90.0. The number of hydrogen-bond donors (Lipinski definition) is 0. The topological polar surface area (TPSA) is 22.7 Å². The minimum atomic E-state index is -4.88. The Morgan fingerprint density at radius 3 is 0.722 bits per heavy atom. The summed E-state index contributed by atoms with van der Waals surface area (Å²) in [6, 6.07) is 0. The van der Waals surface area contributed by atoms with Crippen molar-refractivity contribution in [3.63, 3.8) is 0 Å². The average Bonchev–Trinajstić information content (AvgIpc) is 3.21. The first-order valence-electron chi connectivity index (χ1n) is 14.2. The Morgan fingerprint density at radius 2 is 0.583 bits per heavy atom. The minimum absolute atomic E-state index is 1.24. The van der Waals surface area contributed by atoms with Gasteiger partial charge in [0.25, 0.3) is 0 Å². The first-order chi connectivity index (χ1) is 16.5. The fourth-order valence-electron chi connectivity index (χ4n) is 9.26. The van der Waals surface area contributed by atoms with Crippen molar-refractivity contribution in [2.45, 2.75) is 78.6 Å². The Morgan fingerprint density at radius 1 is 0.417 bits per heavy atom. The Labute approximate surface area is 236 Å². The molecule has 0 fully saturated rings. The van der Waals surface area contributed by atoms with Crippen molar-refractivity contribution in [1.29, 1.82) is 0 Å². The zero-order valence-electron chi connectivity index (χ0n) is 26.5. The molecule has 0 atom stereocenters. The molecule has 36 heavy (non-hydrogen) atoms. The molecular weight excluding hydrogens is 620 g/mol. The van der Waals surface area contributed by atoms with E-state index in [9.17, 15) is 0 Å². The second-order valence-corrected chi connectivity index (χ2v) is 53.4. The summed E-state index contributed by atoms with van der Waals surface area (Å²) in [4.78, 5) is 10.3. The van der Waals surface area contributed by atoms with Gasteiger partial charge in [0.1, 0.15) is 0 Å². The normalized spacial score (nSPS) is 17.2. The number of rotatable bonds is 9. The van der Waals surface area contributed by atoms with Crippen LogP contribution < -0.4 is 0 Å². The van der Waals surface area contributed by atoms with Crippen molar-refractivity contribution in [2.75, 3.05) is 28.2 Å². The number of nitrogens with zero attached hydrogens (tertiary/aromatic N) is 7. The van der Waals surface area contributed by atoms with Gasteiger partial charge in [0.2, 0.25) is 0 Å². The Kier molecular flexibility index (Phi) is 11.0. The molecule has 0 amide bonds. The second kappa shape index (κ2) is 12.1. The molecule has 0 aromatic rings. The van der Waals surface area contributed by atoms with E-state index in [1.165, 1.54) is 0 Å². The molecular formula is C22H58N7Si6Y. The fraction of sp³-hybridized carbons (Fsp3) is 0.727. The van der Waals surface area contributed by atoms with E-state index >= 15 is 0 Å². The van der Waals surface area contributed by atoms with Crippen molar-refractivity contribution in [3.8, 4) is 0 Å². The standard InChI is InChI=1S/2C5H8N2.3C4H14NSi2.Y/c2*1-6-3-4-7(2)5-6;3*1-6(2)5-7(3)4;/h2*3-4H,1-2H3;3*6-7H,1-4H3;/q;;3*-1;+3. The quantitative estimate of drug-likeness (QED) is 0.345. The van der Waals surface area contributed by atoms with Crippen molar-refractivity contribution < 1.29 is 23.9 Å². The van der Waals surface area contributed by atoms with Gasteiger partial charge < -0.3 is 0 Å². The van der Waals surface area contributed by atoms with Crippen LogP contribution in [0.3, 0.4) is 0 Å². The summed E-state index contributed by atoms with van der Waals surface area (Å²) in [7, 11) is 2.00. The van der Waals surface area contributed by atoms with E-state index in [0.29, 0.717) is 0 Å². The molecule has 0 spiro atoms. The summed E-state index contributed by atoms with van der Waals surface area (Å²) in [5.74, 6) is 0. The molecule has 2 rings (SSSR count). The van der Waals surface area contributed by atoms with E-state index < -0.39 is 77.7 Å². The van der Waals surface area contributed by atoms with Gasteiger partial charge in [-0.3, -0.25) is 0 Å². The molecule has 0 saturated carbocycles. The van der Waals surface area contributed by atoms with Gasteiger partial charge in [-0.05, 0) is 0 Å². The summed E-state index contributed by atoms with van der Waals surface area (Å²) in [6.07, 6.45) is 9.44. The van der Waals surface area contributed by atoms with Gasteiger partial charge >= 0.3 is 238 Å². The molecule has 0 bridgehead atoms. The van der Waals surface area contributed by atoms with Crippen LogP contribution in [0.2, 0.25) is 78.6 Å². The van der Waals surface area contributed by atoms with Crippen molar-refractivity contribution in [1.82, 2.24) is 23.7 Å². The summed E-state index contributed by atoms with van der Waals surface area (Å²) >= 11 is -4.88. The number of hydrogen-bond acceptors (Lipinski definition) is 7. The van der Waals surface area contributed by atoms with E-state index in [-0.39, 0.29) is 0 Å². The third kappa shape index (κ3) is 4.79. The molecule has 2 aliphatic heterocycles. The first kappa shape index (κ1) is 32.9. The van der Waals surface area contributed by atoms with E-state index in [2.05, 4.69) is 155 Å². The Bertz CT molecular complexity index is 852. The molecule has 14 heteroatoms. The van der Waals surface area contributed by atoms with Gasteiger partial charge in [0.05, 0.1) is 0 Å². The van der Waals surface area contributed by atoms with Gasteiger partial charge in [-0.25, -0.2) is 0 Å². The van der Waals surface area contributed by atoms with Gasteiger partial charge in [-0.15, -0.1) is 0 Å². The van der Waals surface area contributed by atoms with Crippen LogP contribution in [0.4, 0.5) is 0 Å². The van der Waals surface area contributed by atoms with Crippen molar-refractivity contribution >= 4 is 58.8 Å². The summed E-state index contributed by atoms with van der Waals surface area (Å²) in [5.41, 5.74) is 0. The SMILES string of the molecule is CN1C=CN(C)[C]1=[Y](=[C]1N(C)C=CN1C)([N]([SiH](C)C)[SiH](C)C)([N]([SiH](C)C)[SiH](C)C)[N]([SiH](C)C)[SiH](C)C. The molecule has 0 radical (unpaired) electrons. The summed E-state index contributed by atoms with van der Waals surface area (Å²) in [5, 5.41) is 0. The van der Waals surface area contributed by atoms with E-state index in [4.69, 9.17) is 0 Å². The second-order valence-electron chi connectivity index (χ2n) is 12.9. The zero-order chi connectivity index (χ0) is 27.9. The average molecular weight is 678 g/mol. The van der Waals surface area contributed by atoms with Crippen LogP contribution in [0.1, 0.15) is 0 Å². The molecule has 0 aliphatic carbocycles. The predicted molar refractivity (Wildman–Crippen MR) is 178 cm³/mol. The predicted octanol–water partition coefficient (Wildman–Crippen LogP) is 2.10. The maximum atomic E-state index is 3.42. The Balaban J connectivity index is 3.77. The van der Waals surface area contributed by atoms with E-state index in [0.717, 1.165) is 0 Å². The van der Waals surface area contributed by atoms with Gasteiger partial charge in [-0.1, -0.05) is 0 Å². The zero-order valence-corrected chi connectivity index (χ0v) is 36.2. The molecule has 7 nitrogen and oxygen atoms in total. The van der Waals surface area contributed by atoms with Crippen LogP contribution in [0.5, 0.6) is 0 Å². The summed E-state index contributed by atoms with van der Waals surface area (Å²) in [6.45, 7) is 31.8. The molecule has 0 aromatic carbocycles. The van der Waals surface area contributed by atoms with Crippen LogP contribution in [-0.4, -0.2) is 111 Å². The van der Waals surface area contributed by atoms with Gasteiger partial charge in [0.15, 0.2) is 0 Å². The van der Waals surface area contributed by atoms with Crippen LogP contribution in [0, 0.1) is 0 Å². The fourth-order valence-corrected chi connectivity index (χ4v) is 127. The monoisotopic (exact) mass is 677 g/mol. The first-order valence-corrected chi connectivity index (χ1v) is 37.8. The van der Waals surface area contributed by atoms with Crippen LogP contribution in [0.25, 0.3) is 0 Å². The van der Waals surface area contributed by atoms with Crippen LogP contribution in [0.15, 0.2) is 24.8 Å². The van der Waals surface area contributed by atoms with Crippen molar-refractivity contribution in [2.24, 2.45) is 0 Å². The molecule has 2 aliphatic rings.